The number of fused-ring (bicyclic) bond motifs is 1. The van der Waals surface area contributed by atoms with E-state index >= 15 is 0 Å². The number of morpholine rings is 1. The molecule has 0 unspecified atom stereocenters. The number of benzene rings is 1. The van der Waals surface area contributed by atoms with Crippen LogP contribution in [0.4, 0.5) is 0 Å². The molecule has 1 amide bonds. The van der Waals surface area contributed by atoms with Crippen molar-refractivity contribution in [1.29, 1.82) is 5.26 Å². The second-order valence-electron chi connectivity index (χ2n) is 4.98. The van der Waals surface area contributed by atoms with Gasteiger partial charge in [-0.2, -0.15) is 5.26 Å². The van der Waals surface area contributed by atoms with Crippen molar-refractivity contribution in [1.82, 2.24) is 4.90 Å². The molecule has 0 spiro atoms. The van der Waals surface area contributed by atoms with E-state index in [-0.39, 0.29) is 11.5 Å². The Morgan fingerprint density at radius 2 is 1.86 bits per heavy atom. The number of carbonyl (C=O) groups excluding carboxylic acids is 1. The van der Waals surface area contributed by atoms with Crippen molar-refractivity contribution in [2.45, 2.75) is 0 Å². The molecule has 2 aliphatic rings. The summed E-state index contributed by atoms with van der Waals surface area (Å²) >= 11 is 0. The predicted octanol–water partition coefficient (Wildman–Crippen LogP) is 1.22. The summed E-state index contributed by atoms with van der Waals surface area (Å²) < 4.78 is 16.2. The van der Waals surface area contributed by atoms with Crippen LogP contribution >= 0.6 is 0 Å². The molecule has 0 aromatic heterocycles. The smallest absolute Gasteiger partial charge is 0.264 e. The van der Waals surface area contributed by atoms with Crippen LogP contribution in [0, 0.1) is 11.3 Å². The lowest BCUT2D eigenvalue weighted by molar-refractivity contribution is -0.130. The molecule has 0 radical (unpaired) electrons. The largest absolute Gasteiger partial charge is 0.486 e. The van der Waals surface area contributed by atoms with Crippen molar-refractivity contribution in [2.24, 2.45) is 0 Å². The maximum atomic E-state index is 12.3. The molecule has 3 rings (SSSR count). The molecule has 0 atom stereocenters. The van der Waals surface area contributed by atoms with E-state index in [0.29, 0.717) is 51.0 Å². The lowest BCUT2D eigenvalue weighted by Crippen LogP contribution is -2.41. The third-order valence-corrected chi connectivity index (χ3v) is 3.53. The van der Waals surface area contributed by atoms with Gasteiger partial charge in [-0.15, -0.1) is 0 Å². The van der Waals surface area contributed by atoms with E-state index in [1.54, 1.807) is 29.2 Å². The van der Waals surface area contributed by atoms with Gasteiger partial charge in [-0.25, -0.2) is 0 Å². The van der Waals surface area contributed by atoms with Crippen LogP contribution in [0.5, 0.6) is 11.5 Å². The van der Waals surface area contributed by atoms with Crippen LogP contribution in [0.1, 0.15) is 5.56 Å². The third kappa shape index (κ3) is 3.05. The average Bonchev–Trinajstić information content (AvgIpc) is 2.59. The maximum absolute atomic E-state index is 12.3. The summed E-state index contributed by atoms with van der Waals surface area (Å²) in [4.78, 5) is 14.0. The van der Waals surface area contributed by atoms with E-state index in [2.05, 4.69) is 0 Å². The van der Waals surface area contributed by atoms with Crippen molar-refractivity contribution < 1.29 is 19.0 Å². The Hall–Kier alpha value is -2.52. The average molecular weight is 300 g/mol. The number of hydrogen-bond acceptors (Lipinski definition) is 5. The van der Waals surface area contributed by atoms with E-state index in [1.807, 2.05) is 6.07 Å². The van der Waals surface area contributed by atoms with Crippen LogP contribution < -0.4 is 9.47 Å². The van der Waals surface area contributed by atoms with Gasteiger partial charge in [-0.1, -0.05) is 6.07 Å². The van der Waals surface area contributed by atoms with Crippen LogP contribution in [0.3, 0.4) is 0 Å². The van der Waals surface area contributed by atoms with Crippen molar-refractivity contribution in [3.8, 4) is 17.6 Å². The second-order valence-corrected chi connectivity index (χ2v) is 4.98. The second kappa shape index (κ2) is 6.50. The standard InChI is InChI=1S/C16H16N2O4/c17-11-13(16(19)18-3-5-20-6-4-18)9-12-1-2-14-15(10-12)22-8-7-21-14/h1-2,9-10H,3-8H2/b13-9+. The zero-order chi connectivity index (χ0) is 15.4. The SMILES string of the molecule is N#C/C(=C\c1ccc2c(c1)OCCO2)C(=O)N1CCOCC1. The van der Waals surface area contributed by atoms with Gasteiger partial charge < -0.3 is 19.1 Å². The Kier molecular flexibility index (Phi) is 4.26. The first-order valence-electron chi connectivity index (χ1n) is 7.16. The van der Waals surface area contributed by atoms with Crippen molar-refractivity contribution >= 4 is 12.0 Å². The van der Waals surface area contributed by atoms with Crippen molar-refractivity contribution in [3.05, 3.63) is 29.3 Å². The number of amides is 1. The number of nitrogens with zero attached hydrogens (tertiary/aromatic N) is 2. The van der Waals surface area contributed by atoms with Gasteiger partial charge in [0.05, 0.1) is 13.2 Å². The van der Waals surface area contributed by atoms with Gasteiger partial charge in [-0.05, 0) is 23.8 Å². The van der Waals surface area contributed by atoms with Crippen molar-refractivity contribution in [3.63, 3.8) is 0 Å². The minimum atomic E-state index is -0.263. The highest BCUT2D eigenvalue weighted by Crippen LogP contribution is 2.31. The molecule has 0 aliphatic carbocycles. The summed E-state index contributed by atoms with van der Waals surface area (Å²) in [5, 5.41) is 9.27. The highest BCUT2D eigenvalue weighted by atomic mass is 16.6. The fourth-order valence-corrected chi connectivity index (χ4v) is 2.40. The lowest BCUT2D eigenvalue weighted by atomic mass is 10.1. The Morgan fingerprint density at radius 3 is 2.59 bits per heavy atom. The summed E-state index contributed by atoms with van der Waals surface area (Å²) in [5.74, 6) is 1.05. The zero-order valence-corrected chi connectivity index (χ0v) is 12.1. The minimum Gasteiger partial charge on any atom is -0.486 e. The van der Waals surface area contributed by atoms with Crippen LogP contribution in [-0.2, 0) is 9.53 Å². The molecule has 1 aromatic carbocycles. The van der Waals surface area contributed by atoms with Crippen LogP contribution in [0.25, 0.3) is 6.08 Å². The van der Waals surface area contributed by atoms with Gasteiger partial charge >= 0.3 is 0 Å². The Balaban J connectivity index is 1.82. The van der Waals surface area contributed by atoms with Gasteiger partial charge in [0.1, 0.15) is 24.9 Å². The fraction of sp³-hybridized carbons (Fsp3) is 0.375. The molecule has 22 heavy (non-hydrogen) atoms. The van der Waals surface area contributed by atoms with Gasteiger partial charge in [-0.3, -0.25) is 4.79 Å². The van der Waals surface area contributed by atoms with Crippen LogP contribution in [0.2, 0.25) is 0 Å². The molecule has 114 valence electrons. The van der Waals surface area contributed by atoms with E-state index in [0.717, 1.165) is 5.56 Å². The van der Waals surface area contributed by atoms with E-state index in [4.69, 9.17) is 14.2 Å². The number of nitriles is 1. The molecule has 2 heterocycles. The Labute approximate surface area is 128 Å². The summed E-state index contributed by atoms with van der Waals surface area (Å²) in [5.41, 5.74) is 0.848. The molecule has 0 bridgehead atoms. The van der Waals surface area contributed by atoms with Crippen LogP contribution in [0.15, 0.2) is 23.8 Å². The van der Waals surface area contributed by atoms with Gasteiger partial charge in [0, 0.05) is 13.1 Å². The monoisotopic (exact) mass is 300 g/mol. The van der Waals surface area contributed by atoms with E-state index in [1.165, 1.54) is 0 Å². The third-order valence-electron chi connectivity index (χ3n) is 3.53. The number of rotatable bonds is 2. The minimum absolute atomic E-state index is 0.110. The first-order chi connectivity index (χ1) is 10.8. The van der Waals surface area contributed by atoms with E-state index in [9.17, 15) is 10.1 Å². The Bertz CT molecular complexity index is 642. The Morgan fingerprint density at radius 1 is 1.14 bits per heavy atom. The first-order valence-corrected chi connectivity index (χ1v) is 7.16. The zero-order valence-electron chi connectivity index (χ0n) is 12.1. The summed E-state index contributed by atoms with van der Waals surface area (Å²) in [6.45, 7) is 3.07. The van der Waals surface area contributed by atoms with Gasteiger partial charge in [0.15, 0.2) is 11.5 Å². The maximum Gasteiger partial charge on any atom is 0.264 e. The fourth-order valence-electron chi connectivity index (χ4n) is 2.40. The molecule has 6 nitrogen and oxygen atoms in total. The van der Waals surface area contributed by atoms with Crippen molar-refractivity contribution in [2.75, 3.05) is 39.5 Å². The summed E-state index contributed by atoms with van der Waals surface area (Å²) in [7, 11) is 0. The highest BCUT2D eigenvalue weighted by molar-refractivity contribution is 6.01. The number of hydrogen-bond donors (Lipinski definition) is 0. The molecule has 1 aromatic rings. The molecule has 1 fully saturated rings. The molecule has 6 heteroatoms. The molecule has 0 N–H and O–H groups in total. The highest BCUT2D eigenvalue weighted by Gasteiger charge is 2.21. The van der Waals surface area contributed by atoms with Crippen LogP contribution in [-0.4, -0.2) is 50.3 Å². The molecular weight excluding hydrogens is 284 g/mol. The molecular formula is C16H16N2O4. The van der Waals surface area contributed by atoms with E-state index < -0.39 is 0 Å². The molecule has 0 saturated carbocycles. The normalized spacial score (nSPS) is 17.8. The number of carbonyl (C=O) groups is 1. The quantitative estimate of drug-likeness (QED) is 0.606. The lowest BCUT2D eigenvalue weighted by Gasteiger charge is -2.26. The predicted molar refractivity (Wildman–Crippen MR) is 78.4 cm³/mol. The first kappa shape index (κ1) is 14.4. The summed E-state index contributed by atoms with van der Waals surface area (Å²) in [6, 6.07) is 7.35. The topological polar surface area (TPSA) is 71.8 Å². The van der Waals surface area contributed by atoms with Gasteiger partial charge in [0.25, 0.3) is 5.91 Å². The molecule has 1 saturated heterocycles. The summed E-state index contributed by atoms with van der Waals surface area (Å²) in [6.07, 6.45) is 1.58. The number of ether oxygens (including phenoxy) is 3. The van der Waals surface area contributed by atoms with Gasteiger partial charge in [0.2, 0.25) is 0 Å². The molecule has 2 aliphatic heterocycles.